The maximum Gasteiger partial charge on any atom is 0.241 e. The van der Waals surface area contributed by atoms with Gasteiger partial charge in [-0.05, 0) is 60.2 Å². The Morgan fingerprint density at radius 2 is 1.80 bits per heavy atom. The number of aromatic nitrogens is 3. The zero-order valence-corrected chi connectivity index (χ0v) is 20.8. The van der Waals surface area contributed by atoms with Crippen LogP contribution >= 0.6 is 11.8 Å². The summed E-state index contributed by atoms with van der Waals surface area (Å²) in [6.07, 6.45) is 7.05. The van der Waals surface area contributed by atoms with Gasteiger partial charge in [-0.25, -0.2) is 17.8 Å². The van der Waals surface area contributed by atoms with Gasteiger partial charge >= 0.3 is 0 Å². The lowest BCUT2D eigenvalue weighted by Crippen LogP contribution is -2.30. The molecule has 0 amide bonds. The number of hydrogen-bond donors (Lipinski definition) is 2. The third kappa shape index (κ3) is 4.13. The highest BCUT2D eigenvalue weighted by Gasteiger charge is 2.38. The third-order valence-electron chi connectivity index (χ3n) is 6.58. The minimum atomic E-state index is -3.75. The van der Waals surface area contributed by atoms with Gasteiger partial charge in [-0.15, -0.1) is 10.2 Å². The van der Waals surface area contributed by atoms with Crippen LogP contribution in [0.3, 0.4) is 0 Å². The number of benzene rings is 3. The van der Waals surface area contributed by atoms with E-state index in [0.717, 1.165) is 52.4 Å². The monoisotopic (exact) mass is 503 g/mol. The molecule has 2 atom stereocenters. The Hall–Kier alpha value is -3.14. The van der Waals surface area contributed by atoms with Gasteiger partial charge in [0.05, 0.1) is 16.2 Å². The highest BCUT2D eigenvalue weighted by atomic mass is 32.2. The van der Waals surface area contributed by atoms with E-state index >= 15 is 0 Å². The fourth-order valence-electron chi connectivity index (χ4n) is 4.87. The Morgan fingerprint density at radius 3 is 2.54 bits per heavy atom. The Bertz CT molecular complexity index is 1540. The molecule has 0 unspecified atom stereocenters. The summed E-state index contributed by atoms with van der Waals surface area (Å²) in [5, 5.41) is 11.2. The topological polar surface area (TPSA) is 88.9 Å². The summed E-state index contributed by atoms with van der Waals surface area (Å²) in [5.74, 6) is 0. The molecule has 35 heavy (non-hydrogen) atoms. The van der Waals surface area contributed by atoms with E-state index in [0.29, 0.717) is 5.16 Å². The van der Waals surface area contributed by atoms with Gasteiger partial charge in [-0.2, -0.15) is 0 Å². The lowest BCUT2D eigenvalue weighted by atomic mass is 10.1. The maximum atomic E-state index is 13.4. The van der Waals surface area contributed by atoms with Crippen LogP contribution in [0.15, 0.2) is 88.8 Å². The van der Waals surface area contributed by atoms with Crippen molar-refractivity contribution in [1.82, 2.24) is 19.6 Å². The van der Waals surface area contributed by atoms with Crippen LogP contribution in [-0.4, -0.2) is 23.3 Å². The van der Waals surface area contributed by atoms with E-state index < -0.39 is 16.1 Å². The summed E-state index contributed by atoms with van der Waals surface area (Å²) in [6.45, 7) is 1.94. The van der Waals surface area contributed by atoms with Crippen LogP contribution in [0.2, 0.25) is 0 Å². The minimum Gasteiger partial charge on any atom is -0.295 e. The standard InChI is InChI=1S/C26H25N5O2S2/c1-17-12-14-20(15-13-17)35(32,33)30-24-21-10-4-6-18-7-5-11-22(23(18)21)25(24)34-26-28-27-16-31(26)29-19-8-2-3-9-19/h4-8,10-16,24-25,29-30H,2-3,9H2,1H3/t24-,25-/m1/s1. The first kappa shape index (κ1) is 22.3. The molecule has 0 saturated heterocycles. The predicted octanol–water partition coefficient (Wildman–Crippen LogP) is 5.22. The summed E-state index contributed by atoms with van der Waals surface area (Å²) in [5.41, 5.74) is 7.63. The van der Waals surface area contributed by atoms with Gasteiger partial charge in [-0.1, -0.05) is 71.9 Å². The summed E-state index contributed by atoms with van der Waals surface area (Å²) in [4.78, 5) is 0.257. The lowest BCUT2D eigenvalue weighted by molar-refractivity contribution is 0.557. The Labute approximate surface area is 208 Å². The number of sulfonamides is 1. The van der Waals surface area contributed by atoms with Crippen LogP contribution in [0.25, 0.3) is 10.8 Å². The second kappa shape index (κ2) is 8.82. The van der Waals surface area contributed by atoms with Crippen molar-refractivity contribution in [3.8, 4) is 0 Å². The van der Waals surface area contributed by atoms with Gasteiger partial charge in [0.1, 0.15) is 6.33 Å². The van der Waals surface area contributed by atoms with E-state index in [1.165, 1.54) is 11.8 Å². The quantitative estimate of drug-likeness (QED) is 0.360. The molecule has 2 aliphatic rings. The number of nitrogens with one attached hydrogen (secondary N) is 2. The molecule has 0 spiro atoms. The maximum absolute atomic E-state index is 13.4. The SMILES string of the molecule is Cc1ccc(S(=O)(=O)N[C@@H]2c3cccc4cccc(c34)[C@H]2Sc2nncn2NC2=CCCC2)cc1. The summed E-state index contributed by atoms with van der Waals surface area (Å²) in [7, 11) is -3.75. The van der Waals surface area contributed by atoms with E-state index in [-0.39, 0.29) is 10.1 Å². The van der Waals surface area contributed by atoms with Crippen LogP contribution in [0.1, 0.15) is 47.2 Å². The Morgan fingerprint density at radius 1 is 1.03 bits per heavy atom. The largest absolute Gasteiger partial charge is 0.295 e. The summed E-state index contributed by atoms with van der Waals surface area (Å²) < 4.78 is 31.7. The molecule has 0 aliphatic heterocycles. The van der Waals surface area contributed by atoms with E-state index in [2.05, 4.69) is 44.6 Å². The molecular formula is C26H25N5O2S2. The van der Waals surface area contributed by atoms with Crippen LogP contribution in [0.4, 0.5) is 0 Å². The molecular weight excluding hydrogens is 478 g/mol. The van der Waals surface area contributed by atoms with Gasteiger partial charge in [0.2, 0.25) is 15.2 Å². The third-order valence-corrected chi connectivity index (χ3v) is 9.31. The van der Waals surface area contributed by atoms with E-state index in [4.69, 9.17) is 0 Å². The molecule has 9 heteroatoms. The van der Waals surface area contributed by atoms with Crippen molar-refractivity contribution in [2.24, 2.45) is 0 Å². The average molecular weight is 504 g/mol. The van der Waals surface area contributed by atoms with Crippen LogP contribution in [0.5, 0.6) is 0 Å². The molecule has 178 valence electrons. The van der Waals surface area contributed by atoms with Crippen molar-refractivity contribution in [1.29, 1.82) is 0 Å². The van der Waals surface area contributed by atoms with Crippen molar-refractivity contribution in [3.63, 3.8) is 0 Å². The van der Waals surface area contributed by atoms with Crippen molar-refractivity contribution in [3.05, 3.63) is 95.5 Å². The number of nitrogens with zero attached hydrogens (tertiary/aromatic N) is 3. The smallest absolute Gasteiger partial charge is 0.241 e. The molecule has 0 fully saturated rings. The van der Waals surface area contributed by atoms with Crippen LogP contribution in [-0.2, 0) is 10.0 Å². The summed E-state index contributed by atoms with van der Waals surface area (Å²) in [6, 6.07) is 18.7. The predicted molar refractivity (Wildman–Crippen MR) is 138 cm³/mol. The number of hydrogen-bond acceptors (Lipinski definition) is 6. The van der Waals surface area contributed by atoms with Crippen molar-refractivity contribution in [2.45, 2.75) is 47.5 Å². The van der Waals surface area contributed by atoms with Crippen LogP contribution < -0.4 is 10.1 Å². The number of thioether (sulfide) groups is 1. The average Bonchev–Trinajstić information content (AvgIpc) is 3.59. The van der Waals surface area contributed by atoms with Crippen molar-refractivity contribution in [2.75, 3.05) is 5.43 Å². The highest BCUT2D eigenvalue weighted by Crippen LogP contribution is 2.53. The molecule has 0 radical (unpaired) electrons. The molecule has 2 aliphatic carbocycles. The Kier molecular flexibility index (Phi) is 5.63. The zero-order valence-electron chi connectivity index (χ0n) is 19.2. The lowest BCUT2D eigenvalue weighted by Gasteiger charge is -2.23. The first-order chi connectivity index (χ1) is 17.0. The Balaban J connectivity index is 1.38. The van der Waals surface area contributed by atoms with Gasteiger partial charge in [0, 0.05) is 5.70 Å². The van der Waals surface area contributed by atoms with E-state index in [9.17, 15) is 8.42 Å². The molecule has 2 N–H and O–H groups in total. The van der Waals surface area contributed by atoms with Gasteiger partial charge in [0.15, 0.2) is 0 Å². The second-order valence-electron chi connectivity index (χ2n) is 8.96. The fraction of sp³-hybridized carbons (Fsp3) is 0.231. The molecule has 7 nitrogen and oxygen atoms in total. The molecule has 1 heterocycles. The van der Waals surface area contributed by atoms with Crippen molar-refractivity contribution < 1.29 is 8.42 Å². The second-order valence-corrected chi connectivity index (χ2v) is 11.8. The van der Waals surface area contributed by atoms with E-state index in [1.54, 1.807) is 18.5 Å². The van der Waals surface area contributed by atoms with E-state index in [1.807, 2.05) is 41.9 Å². The minimum absolute atomic E-state index is 0.210. The van der Waals surface area contributed by atoms with Gasteiger partial charge in [-0.3, -0.25) is 5.43 Å². The number of rotatable bonds is 7. The first-order valence-electron chi connectivity index (χ1n) is 11.6. The molecule has 6 rings (SSSR count). The summed E-state index contributed by atoms with van der Waals surface area (Å²) >= 11 is 1.52. The molecule has 0 bridgehead atoms. The normalized spacial score (nSPS) is 19.3. The molecule has 3 aromatic carbocycles. The molecule has 1 aromatic heterocycles. The highest BCUT2D eigenvalue weighted by molar-refractivity contribution is 7.99. The van der Waals surface area contributed by atoms with Crippen molar-refractivity contribution >= 4 is 32.6 Å². The number of allylic oxidation sites excluding steroid dienone is 2. The van der Waals surface area contributed by atoms with Gasteiger partial charge in [0.25, 0.3) is 0 Å². The van der Waals surface area contributed by atoms with Gasteiger partial charge < -0.3 is 0 Å². The zero-order chi connectivity index (χ0) is 24.0. The number of aryl methyl sites for hydroxylation is 1. The van der Waals surface area contributed by atoms with Crippen LogP contribution in [0, 0.1) is 6.92 Å². The first-order valence-corrected chi connectivity index (χ1v) is 14.0. The fourth-order valence-corrected chi connectivity index (χ4v) is 7.39. The molecule has 0 saturated carbocycles. The molecule has 4 aromatic rings.